The van der Waals surface area contributed by atoms with Crippen LogP contribution >= 0.6 is 0 Å². The molecule has 0 spiro atoms. The summed E-state index contributed by atoms with van der Waals surface area (Å²) in [5.74, 6) is -0.350. The topological polar surface area (TPSA) is 106 Å². The third kappa shape index (κ3) is 8.17. The number of alkyl carbamates (subject to hydrolysis) is 1. The van der Waals surface area contributed by atoms with Gasteiger partial charge in [-0.25, -0.2) is 14.4 Å². The molecular weight excluding hydrogens is 266 g/mol. The van der Waals surface area contributed by atoms with Gasteiger partial charge in [-0.1, -0.05) is 13.8 Å². The first-order chi connectivity index (χ1) is 9.40. The van der Waals surface area contributed by atoms with Gasteiger partial charge in [0.15, 0.2) is 0 Å². The van der Waals surface area contributed by atoms with E-state index in [0.717, 1.165) is 0 Å². The van der Waals surface area contributed by atoms with Gasteiger partial charge in [-0.05, 0) is 12.3 Å². The zero-order valence-electron chi connectivity index (χ0n) is 12.3. The summed E-state index contributed by atoms with van der Waals surface area (Å²) >= 11 is 0. The molecule has 0 aliphatic rings. The maximum absolute atomic E-state index is 11.8. The Morgan fingerprint density at radius 2 is 1.85 bits per heavy atom. The molecule has 0 saturated carbocycles. The fraction of sp³-hybridized carbons (Fsp3) is 0.750. The van der Waals surface area contributed by atoms with E-state index < -0.39 is 18.1 Å². The summed E-state index contributed by atoms with van der Waals surface area (Å²) in [7, 11) is 2.71. The Kier molecular flexibility index (Phi) is 8.89. The molecule has 3 amide bonds. The fourth-order valence-corrected chi connectivity index (χ4v) is 1.39. The molecule has 0 aromatic rings. The van der Waals surface area contributed by atoms with Crippen LogP contribution in [0, 0.1) is 5.92 Å². The zero-order valence-corrected chi connectivity index (χ0v) is 12.3. The first-order valence-electron chi connectivity index (χ1n) is 6.37. The van der Waals surface area contributed by atoms with Crippen molar-refractivity contribution < 1.29 is 23.9 Å². The molecule has 0 rings (SSSR count). The third-order valence-electron chi connectivity index (χ3n) is 2.33. The lowest BCUT2D eigenvalue weighted by molar-refractivity contribution is -0.146. The smallest absolute Gasteiger partial charge is 0.407 e. The molecule has 0 aromatic heterocycles. The lowest BCUT2D eigenvalue weighted by atomic mass is 10.0. The molecule has 8 nitrogen and oxygen atoms in total. The molecule has 3 N–H and O–H groups in total. The average Bonchev–Trinajstić information content (AvgIpc) is 2.41. The standard InChI is InChI=1S/C12H23N3O5/c1-8(2)7-9(15-12(18)19-4)10(16)20-6-5-14-11(17)13-3/h8-9H,5-7H2,1-4H3,(H,15,18)(H2,13,14,17). The van der Waals surface area contributed by atoms with E-state index in [2.05, 4.69) is 20.7 Å². The van der Waals surface area contributed by atoms with Crippen molar-refractivity contribution >= 4 is 18.1 Å². The summed E-state index contributed by atoms with van der Waals surface area (Å²) in [6.07, 6.45) is -0.243. The molecule has 0 bridgehead atoms. The van der Waals surface area contributed by atoms with Crippen molar-refractivity contribution in [2.45, 2.75) is 26.3 Å². The fourth-order valence-electron chi connectivity index (χ4n) is 1.39. The van der Waals surface area contributed by atoms with Crippen LogP contribution in [0.15, 0.2) is 0 Å². The quantitative estimate of drug-likeness (QED) is 0.459. The molecule has 0 aromatic carbocycles. The van der Waals surface area contributed by atoms with Crippen LogP contribution in [0.4, 0.5) is 9.59 Å². The van der Waals surface area contributed by atoms with E-state index in [1.807, 2.05) is 13.8 Å². The minimum absolute atomic E-state index is 0.0314. The van der Waals surface area contributed by atoms with Gasteiger partial charge in [0.05, 0.1) is 13.7 Å². The Labute approximate surface area is 118 Å². The minimum atomic E-state index is -0.762. The highest BCUT2D eigenvalue weighted by molar-refractivity contribution is 5.81. The van der Waals surface area contributed by atoms with E-state index in [-0.39, 0.29) is 25.1 Å². The van der Waals surface area contributed by atoms with Crippen molar-refractivity contribution in [3.05, 3.63) is 0 Å². The SMILES string of the molecule is CNC(=O)NCCOC(=O)C(CC(C)C)NC(=O)OC. The first kappa shape index (κ1) is 18.0. The van der Waals surface area contributed by atoms with Crippen molar-refractivity contribution in [3.63, 3.8) is 0 Å². The predicted molar refractivity (Wildman–Crippen MR) is 72.2 cm³/mol. The number of hydrogen-bond donors (Lipinski definition) is 3. The molecule has 1 unspecified atom stereocenters. The van der Waals surface area contributed by atoms with Gasteiger partial charge < -0.3 is 25.4 Å². The van der Waals surface area contributed by atoms with Crippen LogP contribution in [0.5, 0.6) is 0 Å². The van der Waals surface area contributed by atoms with Crippen molar-refractivity contribution in [1.82, 2.24) is 16.0 Å². The molecule has 0 aliphatic carbocycles. The predicted octanol–water partition coefficient (Wildman–Crippen LogP) is 0.229. The van der Waals surface area contributed by atoms with Gasteiger partial charge in [0.1, 0.15) is 12.6 Å². The van der Waals surface area contributed by atoms with Crippen LogP contribution in [-0.4, -0.2) is 51.4 Å². The number of methoxy groups -OCH3 is 1. The number of rotatable bonds is 7. The summed E-state index contributed by atoms with van der Waals surface area (Å²) in [6.45, 7) is 4.07. The Hall–Kier alpha value is -1.99. The maximum atomic E-state index is 11.8. The van der Waals surface area contributed by atoms with Crippen molar-refractivity contribution in [1.29, 1.82) is 0 Å². The van der Waals surface area contributed by atoms with E-state index >= 15 is 0 Å². The highest BCUT2D eigenvalue weighted by Crippen LogP contribution is 2.06. The minimum Gasteiger partial charge on any atom is -0.462 e. The number of carbonyl (C=O) groups excluding carboxylic acids is 3. The molecule has 8 heteroatoms. The zero-order chi connectivity index (χ0) is 15.5. The van der Waals surface area contributed by atoms with E-state index in [1.54, 1.807) is 0 Å². The third-order valence-corrected chi connectivity index (χ3v) is 2.33. The van der Waals surface area contributed by atoms with E-state index in [9.17, 15) is 14.4 Å². The Morgan fingerprint density at radius 3 is 2.35 bits per heavy atom. The van der Waals surface area contributed by atoms with Gasteiger partial charge in [0.25, 0.3) is 0 Å². The summed E-state index contributed by atoms with van der Waals surface area (Å²) in [5, 5.41) is 7.27. The van der Waals surface area contributed by atoms with E-state index in [1.165, 1.54) is 14.2 Å². The van der Waals surface area contributed by atoms with Crippen LogP contribution in [0.1, 0.15) is 20.3 Å². The normalized spacial score (nSPS) is 11.4. The molecule has 1 atom stereocenters. The van der Waals surface area contributed by atoms with Crippen molar-refractivity contribution in [2.75, 3.05) is 27.3 Å². The number of ether oxygens (including phenoxy) is 2. The van der Waals surface area contributed by atoms with Gasteiger partial charge in [0, 0.05) is 7.05 Å². The molecule has 116 valence electrons. The number of nitrogens with one attached hydrogen (secondary N) is 3. The number of urea groups is 1. The summed E-state index contributed by atoms with van der Waals surface area (Å²) in [4.78, 5) is 33.9. The molecule has 0 aliphatic heterocycles. The summed E-state index contributed by atoms with van der Waals surface area (Å²) in [6, 6.07) is -1.12. The van der Waals surface area contributed by atoms with Crippen molar-refractivity contribution in [2.24, 2.45) is 5.92 Å². The molecular formula is C12H23N3O5. The largest absolute Gasteiger partial charge is 0.462 e. The number of amides is 3. The molecule has 0 heterocycles. The number of carbonyl (C=O) groups is 3. The molecule has 0 saturated heterocycles. The van der Waals surface area contributed by atoms with Crippen molar-refractivity contribution in [3.8, 4) is 0 Å². The Balaban J connectivity index is 4.19. The van der Waals surface area contributed by atoms with E-state index in [4.69, 9.17) is 4.74 Å². The number of hydrogen-bond acceptors (Lipinski definition) is 5. The molecule has 20 heavy (non-hydrogen) atoms. The first-order valence-corrected chi connectivity index (χ1v) is 6.37. The van der Waals surface area contributed by atoms with Gasteiger partial charge >= 0.3 is 18.1 Å². The highest BCUT2D eigenvalue weighted by Gasteiger charge is 2.23. The summed E-state index contributed by atoms with van der Waals surface area (Å²) in [5.41, 5.74) is 0. The second-order valence-corrected chi connectivity index (χ2v) is 4.49. The maximum Gasteiger partial charge on any atom is 0.407 e. The Bertz CT molecular complexity index is 333. The monoisotopic (exact) mass is 289 g/mol. The lowest BCUT2D eigenvalue weighted by Gasteiger charge is -2.18. The second-order valence-electron chi connectivity index (χ2n) is 4.49. The van der Waals surface area contributed by atoms with Gasteiger partial charge in [-0.3, -0.25) is 0 Å². The molecule has 0 fully saturated rings. The number of esters is 1. The lowest BCUT2D eigenvalue weighted by Crippen LogP contribution is -2.43. The average molecular weight is 289 g/mol. The van der Waals surface area contributed by atoms with Crippen LogP contribution in [0.3, 0.4) is 0 Å². The van der Waals surface area contributed by atoms with Crippen LogP contribution in [0.25, 0.3) is 0 Å². The van der Waals surface area contributed by atoms with Crippen LogP contribution < -0.4 is 16.0 Å². The van der Waals surface area contributed by atoms with Gasteiger partial charge in [0.2, 0.25) is 0 Å². The van der Waals surface area contributed by atoms with Crippen LogP contribution in [0.2, 0.25) is 0 Å². The van der Waals surface area contributed by atoms with Gasteiger partial charge in [-0.2, -0.15) is 0 Å². The second kappa shape index (κ2) is 9.88. The molecule has 0 radical (unpaired) electrons. The highest BCUT2D eigenvalue weighted by atomic mass is 16.5. The van der Waals surface area contributed by atoms with Gasteiger partial charge in [-0.15, -0.1) is 0 Å². The van der Waals surface area contributed by atoms with E-state index in [0.29, 0.717) is 6.42 Å². The Morgan fingerprint density at radius 1 is 1.20 bits per heavy atom. The summed E-state index contributed by atoms with van der Waals surface area (Å²) < 4.78 is 9.45. The van der Waals surface area contributed by atoms with Crippen LogP contribution in [-0.2, 0) is 14.3 Å².